The van der Waals surface area contributed by atoms with Crippen LogP contribution >= 0.6 is 11.6 Å². The minimum absolute atomic E-state index is 0.256. The summed E-state index contributed by atoms with van der Waals surface area (Å²) in [6.45, 7) is 13.0. The minimum atomic E-state index is -0.933. The molecule has 2 aromatic carbocycles. The van der Waals surface area contributed by atoms with E-state index in [-0.39, 0.29) is 6.61 Å². The van der Waals surface area contributed by atoms with E-state index in [1.54, 1.807) is 6.92 Å². The molecule has 1 aliphatic rings. The Morgan fingerprint density at radius 2 is 2.00 bits per heavy atom. The van der Waals surface area contributed by atoms with Gasteiger partial charge in [0.15, 0.2) is 6.10 Å². The Balaban J connectivity index is 2.07. The second-order valence-electron chi connectivity index (χ2n) is 9.44. The van der Waals surface area contributed by atoms with Gasteiger partial charge in [-0.1, -0.05) is 17.7 Å². The molecule has 180 valence electrons. The highest BCUT2D eigenvalue weighted by atomic mass is 35.5. The highest BCUT2D eigenvalue weighted by Crippen LogP contribution is 2.47. The predicted molar refractivity (Wildman–Crippen MR) is 136 cm³/mol. The molecule has 1 aliphatic heterocycles. The summed E-state index contributed by atoms with van der Waals surface area (Å²) >= 11 is 6.98. The van der Waals surface area contributed by atoms with E-state index in [9.17, 15) is 4.79 Å². The van der Waals surface area contributed by atoms with Crippen molar-refractivity contribution in [1.82, 2.24) is 4.98 Å². The van der Waals surface area contributed by atoms with Gasteiger partial charge in [0.05, 0.1) is 28.4 Å². The zero-order chi connectivity index (χ0) is 24.6. The third kappa shape index (κ3) is 4.70. The van der Waals surface area contributed by atoms with Crippen LogP contribution in [0.4, 0.5) is 5.69 Å². The lowest BCUT2D eigenvalue weighted by Gasteiger charge is -2.30. The second-order valence-corrected chi connectivity index (χ2v) is 9.82. The van der Waals surface area contributed by atoms with Crippen molar-refractivity contribution in [2.45, 2.75) is 53.2 Å². The maximum atomic E-state index is 13.2. The molecule has 1 aromatic heterocycles. The lowest BCUT2D eigenvalue weighted by molar-refractivity contribution is -0.166. The molecule has 1 N–H and O–H groups in total. The predicted octanol–water partition coefficient (Wildman–Crippen LogP) is 6.40. The van der Waals surface area contributed by atoms with E-state index in [1.165, 1.54) is 0 Å². The fourth-order valence-electron chi connectivity index (χ4n) is 4.32. The normalized spacial score (nSPS) is 14.2. The molecule has 2 heterocycles. The average Bonchev–Trinajstić information content (AvgIpc) is 2.77. The number of aromatic nitrogens is 1. The second kappa shape index (κ2) is 9.43. The number of carbonyl (C=O) groups excluding carboxylic acids is 1. The van der Waals surface area contributed by atoms with Crippen molar-refractivity contribution < 1.29 is 19.0 Å². The average molecular weight is 483 g/mol. The fourth-order valence-corrected chi connectivity index (χ4v) is 4.64. The summed E-state index contributed by atoms with van der Waals surface area (Å²) in [5, 5.41) is 4.76. The molecule has 1 atom stereocenters. The Hall–Kier alpha value is -2.83. The third-order valence-corrected chi connectivity index (χ3v) is 6.04. The van der Waals surface area contributed by atoms with Gasteiger partial charge in [0.1, 0.15) is 12.4 Å². The van der Waals surface area contributed by atoms with Crippen molar-refractivity contribution in [3.63, 3.8) is 0 Å². The van der Waals surface area contributed by atoms with Gasteiger partial charge in [-0.15, -0.1) is 0 Å². The quantitative estimate of drug-likeness (QED) is 0.424. The standard InChI is InChI=1S/C27H31ClN2O4/c1-7-32-26(31)25(34-27(4,5)6)21-15(2)14-19-17(9-8-16(3)30-19)22(21)18-10-11-20-24(23(18)28)29-12-13-33-20/h8-11,14,25,29H,7,12-13H2,1-6H3/t25-/m0/s1. The molecule has 0 radical (unpaired) electrons. The van der Waals surface area contributed by atoms with E-state index in [0.717, 1.165) is 44.5 Å². The van der Waals surface area contributed by atoms with Crippen LogP contribution in [-0.2, 0) is 14.3 Å². The van der Waals surface area contributed by atoms with Gasteiger partial charge in [-0.25, -0.2) is 4.79 Å². The van der Waals surface area contributed by atoms with Gasteiger partial charge >= 0.3 is 5.97 Å². The van der Waals surface area contributed by atoms with E-state index >= 15 is 0 Å². The zero-order valence-electron chi connectivity index (χ0n) is 20.5. The van der Waals surface area contributed by atoms with E-state index in [1.807, 2.05) is 65.0 Å². The molecular formula is C27H31ClN2O4. The number of benzene rings is 2. The number of anilines is 1. The summed E-state index contributed by atoms with van der Waals surface area (Å²) in [4.78, 5) is 18.0. The van der Waals surface area contributed by atoms with Crippen LogP contribution < -0.4 is 10.1 Å². The van der Waals surface area contributed by atoms with Gasteiger partial charge in [0, 0.05) is 28.8 Å². The molecule has 4 rings (SSSR count). The number of hydrogen-bond donors (Lipinski definition) is 1. The number of nitrogens with one attached hydrogen (secondary N) is 1. The highest BCUT2D eigenvalue weighted by Gasteiger charge is 2.34. The van der Waals surface area contributed by atoms with Crippen molar-refractivity contribution in [2.75, 3.05) is 25.1 Å². The number of aryl methyl sites for hydroxylation is 2. The van der Waals surface area contributed by atoms with Crippen molar-refractivity contribution >= 4 is 34.2 Å². The molecule has 0 bridgehead atoms. The molecule has 34 heavy (non-hydrogen) atoms. The largest absolute Gasteiger partial charge is 0.490 e. The van der Waals surface area contributed by atoms with Crippen molar-refractivity contribution in [1.29, 1.82) is 0 Å². The number of hydrogen-bond acceptors (Lipinski definition) is 6. The number of nitrogens with zero attached hydrogens (tertiary/aromatic N) is 1. The third-order valence-electron chi connectivity index (χ3n) is 5.65. The summed E-state index contributed by atoms with van der Waals surface area (Å²) in [6, 6.07) is 9.82. The first-order valence-electron chi connectivity index (χ1n) is 11.6. The summed E-state index contributed by atoms with van der Waals surface area (Å²) in [5.41, 5.74) is 5.08. The number of fused-ring (bicyclic) bond motifs is 2. The first-order valence-corrected chi connectivity index (χ1v) is 11.9. The molecule has 0 saturated carbocycles. The van der Waals surface area contributed by atoms with Crippen LogP contribution in [-0.4, -0.2) is 36.3 Å². The first kappa shape index (κ1) is 24.3. The Morgan fingerprint density at radius 1 is 1.24 bits per heavy atom. The highest BCUT2D eigenvalue weighted by molar-refractivity contribution is 6.37. The molecule has 0 saturated heterocycles. The first-order chi connectivity index (χ1) is 16.1. The lowest BCUT2D eigenvalue weighted by atomic mass is 9.88. The van der Waals surface area contributed by atoms with E-state index < -0.39 is 17.7 Å². The van der Waals surface area contributed by atoms with E-state index in [0.29, 0.717) is 23.9 Å². The zero-order valence-corrected chi connectivity index (χ0v) is 21.3. The lowest BCUT2D eigenvalue weighted by Crippen LogP contribution is -2.29. The van der Waals surface area contributed by atoms with Crippen LogP contribution in [0, 0.1) is 13.8 Å². The Labute approximate surface area is 205 Å². The smallest absolute Gasteiger partial charge is 0.339 e. The Kier molecular flexibility index (Phi) is 6.74. The van der Waals surface area contributed by atoms with Crippen LogP contribution in [0.1, 0.15) is 50.6 Å². The maximum absolute atomic E-state index is 13.2. The summed E-state index contributed by atoms with van der Waals surface area (Å²) in [6.07, 6.45) is -0.933. The Morgan fingerprint density at radius 3 is 2.71 bits per heavy atom. The molecule has 0 aliphatic carbocycles. The molecule has 6 nitrogen and oxygen atoms in total. The van der Waals surface area contributed by atoms with E-state index in [4.69, 9.17) is 30.8 Å². The van der Waals surface area contributed by atoms with Gasteiger partial charge in [-0.05, 0) is 76.9 Å². The molecule has 3 aromatic rings. The number of halogens is 1. The van der Waals surface area contributed by atoms with Gasteiger partial charge in [0.2, 0.25) is 0 Å². The number of rotatable bonds is 5. The number of pyridine rings is 1. The summed E-state index contributed by atoms with van der Waals surface area (Å²) in [5.74, 6) is 0.275. The van der Waals surface area contributed by atoms with E-state index in [2.05, 4.69) is 5.32 Å². The van der Waals surface area contributed by atoms with Gasteiger partial charge in [-0.3, -0.25) is 4.98 Å². The Bertz CT molecular complexity index is 1250. The van der Waals surface area contributed by atoms with Crippen LogP contribution in [0.2, 0.25) is 5.02 Å². The van der Waals surface area contributed by atoms with Crippen molar-refractivity contribution in [3.8, 4) is 16.9 Å². The maximum Gasteiger partial charge on any atom is 0.339 e. The molecule has 7 heteroatoms. The van der Waals surface area contributed by atoms with Crippen molar-refractivity contribution in [3.05, 3.63) is 52.2 Å². The molecule has 0 fully saturated rings. The van der Waals surface area contributed by atoms with Gasteiger partial charge in [0.25, 0.3) is 0 Å². The summed E-state index contributed by atoms with van der Waals surface area (Å²) < 4.78 is 17.6. The van der Waals surface area contributed by atoms with Crippen LogP contribution in [0.5, 0.6) is 5.75 Å². The van der Waals surface area contributed by atoms with Crippen molar-refractivity contribution in [2.24, 2.45) is 0 Å². The molecule has 0 spiro atoms. The molecular weight excluding hydrogens is 452 g/mol. The summed E-state index contributed by atoms with van der Waals surface area (Å²) in [7, 11) is 0. The van der Waals surface area contributed by atoms with Gasteiger partial charge in [-0.2, -0.15) is 0 Å². The van der Waals surface area contributed by atoms with Crippen LogP contribution in [0.25, 0.3) is 22.0 Å². The minimum Gasteiger partial charge on any atom is -0.490 e. The number of ether oxygens (including phenoxy) is 3. The number of esters is 1. The van der Waals surface area contributed by atoms with Crippen LogP contribution in [0.15, 0.2) is 30.3 Å². The topological polar surface area (TPSA) is 69.7 Å². The SMILES string of the molecule is CCOC(=O)[C@@H](OC(C)(C)C)c1c(C)cc2nc(C)ccc2c1-c1ccc2c(c1Cl)NCCO2. The fraction of sp³-hybridized carbons (Fsp3) is 0.407. The van der Waals surface area contributed by atoms with Gasteiger partial charge < -0.3 is 19.5 Å². The molecule has 0 unspecified atom stereocenters. The molecule has 0 amide bonds. The monoisotopic (exact) mass is 482 g/mol. The van der Waals surface area contributed by atoms with Crippen LogP contribution in [0.3, 0.4) is 0 Å². The number of carbonyl (C=O) groups is 1.